The van der Waals surface area contributed by atoms with Gasteiger partial charge in [-0.1, -0.05) is 60.7 Å². The van der Waals surface area contributed by atoms with Gasteiger partial charge in [0.15, 0.2) is 0 Å². The molecule has 1 amide bonds. The van der Waals surface area contributed by atoms with Crippen molar-refractivity contribution in [2.24, 2.45) is 0 Å². The zero-order valence-corrected chi connectivity index (χ0v) is 16.5. The van der Waals surface area contributed by atoms with E-state index in [0.29, 0.717) is 6.54 Å². The monoisotopic (exact) mass is 402 g/mol. The van der Waals surface area contributed by atoms with E-state index in [1.807, 2.05) is 54.6 Å². The third-order valence-electron chi connectivity index (χ3n) is 4.52. The standard InChI is InChI=1S/C24H19FN2OS/c25-21-11-9-17(10-12-21)14-23(28)26-15-18-5-4-8-20(13-18)24-27-22(16-29-24)19-6-2-1-3-7-19/h1-13,16H,14-15H2,(H,26,28). The summed E-state index contributed by atoms with van der Waals surface area (Å²) in [5, 5.41) is 5.93. The SMILES string of the molecule is O=C(Cc1ccc(F)cc1)NCc1cccc(-c2nc(-c3ccccc3)cs2)c1. The number of benzene rings is 3. The molecule has 0 bridgehead atoms. The molecular formula is C24H19FN2OS. The van der Waals surface area contributed by atoms with Crippen molar-refractivity contribution in [3.05, 3.63) is 101 Å². The largest absolute Gasteiger partial charge is 0.352 e. The van der Waals surface area contributed by atoms with Crippen LogP contribution in [0.1, 0.15) is 11.1 Å². The number of amides is 1. The topological polar surface area (TPSA) is 42.0 Å². The first-order valence-corrected chi connectivity index (χ1v) is 10.2. The second-order valence-electron chi connectivity index (χ2n) is 6.68. The number of carbonyl (C=O) groups is 1. The molecule has 0 spiro atoms. The first-order valence-electron chi connectivity index (χ1n) is 9.29. The molecule has 4 rings (SSSR count). The van der Waals surface area contributed by atoms with Gasteiger partial charge < -0.3 is 5.32 Å². The van der Waals surface area contributed by atoms with Crippen molar-refractivity contribution < 1.29 is 9.18 Å². The highest BCUT2D eigenvalue weighted by Gasteiger charge is 2.08. The van der Waals surface area contributed by atoms with Crippen LogP contribution in [-0.2, 0) is 17.8 Å². The Balaban J connectivity index is 1.40. The molecule has 3 aromatic carbocycles. The van der Waals surface area contributed by atoms with Gasteiger partial charge in [-0.3, -0.25) is 4.79 Å². The third kappa shape index (κ3) is 4.95. The van der Waals surface area contributed by atoms with E-state index < -0.39 is 0 Å². The van der Waals surface area contributed by atoms with Gasteiger partial charge in [-0.2, -0.15) is 0 Å². The number of halogens is 1. The Bertz CT molecular complexity index is 1110. The predicted octanol–water partition coefficient (Wildman–Crippen LogP) is 5.48. The van der Waals surface area contributed by atoms with Crippen LogP contribution in [0.2, 0.25) is 0 Å². The van der Waals surface area contributed by atoms with Crippen molar-refractivity contribution in [3.8, 4) is 21.8 Å². The molecular weight excluding hydrogens is 383 g/mol. The quantitative estimate of drug-likeness (QED) is 0.464. The van der Waals surface area contributed by atoms with Crippen LogP contribution in [-0.4, -0.2) is 10.9 Å². The molecule has 29 heavy (non-hydrogen) atoms. The maximum absolute atomic E-state index is 13.0. The summed E-state index contributed by atoms with van der Waals surface area (Å²) < 4.78 is 13.0. The van der Waals surface area contributed by atoms with Crippen molar-refractivity contribution in [2.75, 3.05) is 0 Å². The minimum absolute atomic E-state index is 0.0948. The second-order valence-corrected chi connectivity index (χ2v) is 7.54. The number of hydrogen-bond acceptors (Lipinski definition) is 3. The number of thiazole rings is 1. The Morgan fingerprint density at radius 1 is 0.897 bits per heavy atom. The Morgan fingerprint density at radius 3 is 2.45 bits per heavy atom. The van der Waals surface area contributed by atoms with Crippen molar-refractivity contribution in [2.45, 2.75) is 13.0 Å². The lowest BCUT2D eigenvalue weighted by Crippen LogP contribution is -2.24. The predicted molar refractivity (Wildman–Crippen MR) is 115 cm³/mol. The van der Waals surface area contributed by atoms with Crippen molar-refractivity contribution in [1.29, 1.82) is 0 Å². The first kappa shape index (κ1) is 19.0. The van der Waals surface area contributed by atoms with E-state index in [9.17, 15) is 9.18 Å². The number of nitrogens with one attached hydrogen (secondary N) is 1. The molecule has 4 aromatic rings. The number of nitrogens with zero attached hydrogens (tertiary/aromatic N) is 1. The summed E-state index contributed by atoms with van der Waals surface area (Å²) in [6.07, 6.45) is 0.229. The van der Waals surface area contributed by atoms with Gasteiger partial charge in [0.2, 0.25) is 5.91 Å². The lowest BCUT2D eigenvalue weighted by Gasteiger charge is -2.07. The summed E-state index contributed by atoms with van der Waals surface area (Å²) in [7, 11) is 0. The molecule has 5 heteroatoms. The van der Waals surface area contributed by atoms with Crippen LogP contribution in [0.3, 0.4) is 0 Å². The fourth-order valence-electron chi connectivity index (χ4n) is 3.01. The maximum Gasteiger partial charge on any atom is 0.224 e. The van der Waals surface area contributed by atoms with Crippen molar-refractivity contribution >= 4 is 17.2 Å². The number of aromatic nitrogens is 1. The molecule has 0 unspecified atom stereocenters. The Hall–Kier alpha value is -3.31. The van der Waals surface area contributed by atoms with Gasteiger partial charge in [0.05, 0.1) is 12.1 Å². The van der Waals surface area contributed by atoms with E-state index in [1.54, 1.807) is 23.5 Å². The molecule has 1 aromatic heterocycles. The average molecular weight is 402 g/mol. The Morgan fingerprint density at radius 2 is 1.66 bits per heavy atom. The number of hydrogen-bond donors (Lipinski definition) is 1. The van der Waals surface area contributed by atoms with Gasteiger partial charge in [-0.25, -0.2) is 9.37 Å². The molecule has 0 saturated heterocycles. The molecule has 0 atom stereocenters. The van der Waals surface area contributed by atoms with Crippen LogP contribution in [0.25, 0.3) is 21.8 Å². The van der Waals surface area contributed by atoms with E-state index in [4.69, 9.17) is 4.98 Å². The molecule has 0 saturated carbocycles. The maximum atomic E-state index is 13.0. The smallest absolute Gasteiger partial charge is 0.224 e. The highest BCUT2D eigenvalue weighted by molar-refractivity contribution is 7.13. The van der Waals surface area contributed by atoms with Crippen LogP contribution >= 0.6 is 11.3 Å². The summed E-state index contributed by atoms with van der Waals surface area (Å²) in [4.78, 5) is 16.9. The van der Waals surface area contributed by atoms with Crippen LogP contribution < -0.4 is 5.32 Å². The van der Waals surface area contributed by atoms with E-state index >= 15 is 0 Å². The van der Waals surface area contributed by atoms with E-state index in [-0.39, 0.29) is 18.1 Å². The highest BCUT2D eigenvalue weighted by Crippen LogP contribution is 2.29. The summed E-state index contributed by atoms with van der Waals surface area (Å²) >= 11 is 1.60. The zero-order valence-electron chi connectivity index (χ0n) is 15.6. The van der Waals surface area contributed by atoms with Gasteiger partial charge >= 0.3 is 0 Å². The van der Waals surface area contributed by atoms with Gasteiger partial charge in [-0.15, -0.1) is 11.3 Å². The molecule has 3 nitrogen and oxygen atoms in total. The zero-order chi connectivity index (χ0) is 20.1. The van der Waals surface area contributed by atoms with E-state index in [1.165, 1.54) is 12.1 Å². The fraction of sp³-hybridized carbons (Fsp3) is 0.0833. The lowest BCUT2D eigenvalue weighted by molar-refractivity contribution is -0.120. The number of carbonyl (C=O) groups excluding carboxylic acids is 1. The Labute approximate surface area is 172 Å². The van der Waals surface area contributed by atoms with Gasteiger partial charge in [-0.05, 0) is 29.3 Å². The van der Waals surface area contributed by atoms with Crippen LogP contribution in [0, 0.1) is 5.82 Å². The van der Waals surface area contributed by atoms with Crippen molar-refractivity contribution in [1.82, 2.24) is 10.3 Å². The van der Waals surface area contributed by atoms with E-state index in [2.05, 4.69) is 10.7 Å². The molecule has 0 aliphatic rings. The van der Waals surface area contributed by atoms with Crippen LogP contribution in [0.4, 0.5) is 4.39 Å². The first-order chi connectivity index (χ1) is 14.2. The molecule has 0 radical (unpaired) electrons. The third-order valence-corrected chi connectivity index (χ3v) is 5.41. The molecule has 1 heterocycles. The average Bonchev–Trinajstić information content (AvgIpc) is 3.25. The minimum atomic E-state index is -0.302. The van der Waals surface area contributed by atoms with Gasteiger partial charge in [0, 0.05) is 23.1 Å². The second kappa shape index (κ2) is 8.80. The normalized spacial score (nSPS) is 10.7. The molecule has 0 aliphatic carbocycles. The molecule has 1 N–H and O–H groups in total. The highest BCUT2D eigenvalue weighted by atomic mass is 32.1. The van der Waals surface area contributed by atoms with Crippen LogP contribution in [0.5, 0.6) is 0 Å². The summed E-state index contributed by atoms with van der Waals surface area (Å²) in [6, 6.07) is 24.1. The van der Waals surface area contributed by atoms with E-state index in [0.717, 1.165) is 33.0 Å². The molecule has 0 fully saturated rings. The van der Waals surface area contributed by atoms with Gasteiger partial charge in [0.25, 0.3) is 0 Å². The number of rotatable bonds is 6. The minimum Gasteiger partial charge on any atom is -0.352 e. The molecule has 0 aliphatic heterocycles. The lowest BCUT2D eigenvalue weighted by atomic mass is 10.1. The fourth-order valence-corrected chi connectivity index (χ4v) is 3.84. The van der Waals surface area contributed by atoms with Gasteiger partial charge in [0.1, 0.15) is 10.8 Å². The summed E-state index contributed by atoms with van der Waals surface area (Å²) in [5.74, 6) is -0.397. The van der Waals surface area contributed by atoms with Crippen molar-refractivity contribution in [3.63, 3.8) is 0 Å². The summed E-state index contributed by atoms with van der Waals surface area (Å²) in [6.45, 7) is 0.435. The molecule has 144 valence electrons. The Kier molecular flexibility index (Phi) is 5.77. The summed E-state index contributed by atoms with van der Waals surface area (Å²) in [5.41, 5.74) is 4.88. The van der Waals surface area contributed by atoms with Crippen LogP contribution in [0.15, 0.2) is 84.2 Å².